The largest absolute Gasteiger partial charge is 0.748 e. The molecule has 0 saturated heterocycles. The van der Waals surface area contributed by atoms with E-state index in [0.717, 1.165) is 12.8 Å². The molecular formula is C24H22Zr-6. The summed E-state index contributed by atoms with van der Waals surface area (Å²) in [6.07, 6.45) is 2.05. The van der Waals surface area contributed by atoms with Crippen LogP contribution in [-0.4, -0.2) is 0 Å². The zero-order valence-electron chi connectivity index (χ0n) is 14.3. The first kappa shape index (κ1) is 19.3. The summed E-state index contributed by atoms with van der Waals surface area (Å²) in [4.78, 5) is 0. The Morgan fingerprint density at radius 1 is 0.600 bits per heavy atom. The van der Waals surface area contributed by atoms with Crippen molar-refractivity contribution in [1.82, 2.24) is 0 Å². The standard InChI is InChI=1S/C19H17.C5H5.Zr/c1-3-8-16(9-4-1)14-18-12-7-13-19(18)15-17-10-5-2-6-11-17;1-2-4-5-3-1;/h1-13H,14-15H2;1-5H;/q-1;-5;. The van der Waals surface area contributed by atoms with Crippen molar-refractivity contribution >= 4 is 0 Å². The zero-order valence-corrected chi connectivity index (χ0v) is 16.8. The molecule has 4 aromatic rings. The summed E-state index contributed by atoms with van der Waals surface area (Å²) in [6.45, 7) is 0. The molecule has 0 saturated carbocycles. The Labute approximate surface area is 170 Å². The molecule has 0 amide bonds. The molecule has 0 N–H and O–H groups in total. The second-order valence-electron chi connectivity index (χ2n) is 5.86. The van der Waals surface area contributed by atoms with Crippen molar-refractivity contribution in [2.75, 3.05) is 0 Å². The van der Waals surface area contributed by atoms with E-state index in [4.69, 9.17) is 0 Å². The summed E-state index contributed by atoms with van der Waals surface area (Å²) in [5.74, 6) is 0. The van der Waals surface area contributed by atoms with E-state index >= 15 is 0 Å². The first-order valence-electron chi connectivity index (χ1n) is 8.40. The van der Waals surface area contributed by atoms with Gasteiger partial charge in [-0.05, 0) is 18.4 Å². The summed E-state index contributed by atoms with van der Waals surface area (Å²) in [5.41, 5.74) is 5.64. The minimum absolute atomic E-state index is 0. The molecule has 0 unspecified atom stereocenters. The number of hydrogen-bond donors (Lipinski definition) is 0. The Hall–Kier alpha value is -1.98. The number of rotatable bonds is 4. The average molecular weight is 402 g/mol. The van der Waals surface area contributed by atoms with Gasteiger partial charge in [0.05, 0.1) is 0 Å². The maximum atomic E-state index is 2.24. The topological polar surface area (TPSA) is 0 Å². The molecule has 0 fully saturated rings. The molecule has 0 nitrogen and oxygen atoms in total. The average Bonchev–Trinajstić information content (AvgIpc) is 3.33. The predicted molar refractivity (Wildman–Crippen MR) is 103 cm³/mol. The van der Waals surface area contributed by atoms with Gasteiger partial charge in [-0.1, -0.05) is 66.2 Å². The molecule has 0 aliphatic carbocycles. The van der Waals surface area contributed by atoms with Crippen molar-refractivity contribution in [1.29, 1.82) is 0 Å². The van der Waals surface area contributed by atoms with Gasteiger partial charge in [0.2, 0.25) is 0 Å². The SMILES string of the molecule is [Zr].[cH-]1[cH-][cH-][cH-][cH-]1.c1ccc(Cc2ccc[c-]2Cc2ccccc2)cc1. The molecular weight excluding hydrogens is 379 g/mol. The van der Waals surface area contributed by atoms with E-state index in [-0.39, 0.29) is 26.2 Å². The van der Waals surface area contributed by atoms with Crippen LogP contribution < -0.4 is 0 Å². The summed E-state index contributed by atoms with van der Waals surface area (Å²) < 4.78 is 0. The fourth-order valence-electron chi connectivity index (χ4n) is 2.79. The van der Waals surface area contributed by atoms with Crippen LogP contribution in [0.2, 0.25) is 0 Å². The third kappa shape index (κ3) is 6.44. The van der Waals surface area contributed by atoms with Crippen molar-refractivity contribution in [2.24, 2.45) is 0 Å². The third-order valence-electron chi connectivity index (χ3n) is 4.04. The fourth-order valence-corrected chi connectivity index (χ4v) is 2.79. The zero-order chi connectivity index (χ0) is 16.5. The maximum absolute atomic E-state index is 2.24. The van der Waals surface area contributed by atoms with Gasteiger partial charge >= 0.3 is 0 Å². The predicted octanol–water partition coefficient (Wildman–Crippen LogP) is 5.99. The molecule has 0 radical (unpaired) electrons. The maximum Gasteiger partial charge on any atom is 0 e. The monoisotopic (exact) mass is 400 g/mol. The molecule has 4 aromatic carbocycles. The van der Waals surface area contributed by atoms with Gasteiger partial charge in [-0.2, -0.15) is 11.6 Å². The van der Waals surface area contributed by atoms with Crippen LogP contribution in [0.4, 0.5) is 0 Å². The van der Waals surface area contributed by atoms with E-state index in [0.29, 0.717) is 0 Å². The summed E-state index contributed by atoms with van der Waals surface area (Å²) >= 11 is 0. The second kappa shape index (κ2) is 10.8. The quantitative estimate of drug-likeness (QED) is 0.368. The molecule has 4 rings (SSSR count). The van der Waals surface area contributed by atoms with Gasteiger partial charge in [0, 0.05) is 26.2 Å². The van der Waals surface area contributed by atoms with Gasteiger partial charge < -0.3 is 30.3 Å². The minimum Gasteiger partial charge on any atom is -0.748 e. The van der Waals surface area contributed by atoms with E-state index in [1.54, 1.807) is 0 Å². The van der Waals surface area contributed by atoms with E-state index in [2.05, 4.69) is 78.9 Å². The normalized spacial score (nSPS) is 9.60. The third-order valence-corrected chi connectivity index (χ3v) is 4.04. The number of benzene rings is 2. The first-order valence-corrected chi connectivity index (χ1v) is 8.40. The summed E-state index contributed by atoms with van der Waals surface area (Å²) in [6, 6.07) is 38.0. The van der Waals surface area contributed by atoms with Crippen LogP contribution in [0.25, 0.3) is 0 Å². The van der Waals surface area contributed by atoms with Gasteiger partial charge in [0.15, 0.2) is 0 Å². The molecule has 0 heterocycles. The first-order chi connectivity index (χ1) is 11.9. The second-order valence-corrected chi connectivity index (χ2v) is 5.86. The van der Waals surface area contributed by atoms with Crippen LogP contribution in [0.3, 0.4) is 0 Å². The molecule has 128 valence electrons. The van der Waals surface area contributed by atoms with Gasteiger partial charge in [-0.3, -0.25) is 0 Å². The van der Waals surface area contributed by atoms with Crippen molar-refractivity contribution in [3.05, 3.63) is 131 Å². The Balaban J connectivity index is 0.000000325. The van der Waals surface area contributed by atoms with Gasteiger partial charge in [-0.25, -0.2) is 12.1 Å². The molecule has 0 spiro atoms. The molecule has 0 aromatic heterocycles. The molecule has 1 heteroatoms. The Kier molecular flexibility index (Phi) is 8.36. The van der Waals surface area contributed by atoms with Crippen LogP contribution in [0.5, 0.6) is 0 Å². The van der Waals surface area contributed by atoms with E-state index in [1.165, 1.54) is 22.3 Å². The van der Waals surface area contributed by atoms with Crippen molar-refractivity contribution in [3.8, 4) is 0 Å². The van der Waals surface area contributed by atoms with Crippen molar-refractivity contribution < 1.29 is 26.2 Å². The van der Waals surface area contributed by atoms with Crippen molar-refractivity contribution in [2.45, 2.75) is 12.8 Å². The summed E-state index contributed by atoms with van der Waals surface area (Å²) in [5, 5.41) is 0. The van der Waals surface area contributed by atoms with E-state index < -0.39 is 0 Å². The Bertz CT molecular complexity index is 722. The minimum atomic E-state index is 0. The van der Waals surface area contributed by atoms with E-state index in [1.807, 2.05) is 30.3 Å². The molecule has 0 aliphatic heterocycles. The van der Waals surface area contributed by atoms with Crippen molar-refractivity contribution in [3.63, 3.8) is 0 Å². The van der Waals surface area contributed by atoms with Crippen LogP contribution in [-0.2, 0) is 39.0 Å². The van der Waals surface area contributed by atoms with Crippen LogP contribution in [0.15, 0.2) is 109 Å². The smallest absolute Gasteiger partial charge is 0 e. The number of hydrogen-bond acceptors (Lipinski definition) is 0. The summed E-state index contributed by atoms with van der Waals surface area (Å²) in [7, 11) is 0. The van der Waals surface area contributed by atoms with Gasteiger partial charge in [-0.15, -0.1) is 5.56 Å². The fraction of sp³-hybridized carbons (Fsp3) is 0.0833. The van der Waals surface area contributed by atoms with Gasteiger partial charge in [0.25, 0.3) is 0 Å². The Morgan fingerprint density at radius 3 is 1.68 bits per heavy atom. The van der Waals surface area contributed by atoms with E-state index in [9.17, 15) is 0 Å². The van der Waals surface area contributed by atoms with Gasteiger partial charge in [0.1, 0.15) is 0 Å². The van der Waals surface area contributed by atoms with Crippen LogP contribution in [0, 0.1) is 0 Å². The Morgan fingerprint density at radius 2 is 1.12 bits per heavy atom. The molecule has 0 aliphatic rings. The molecule has 0 atom stereocenters. The molecule has 0 bridgehead atoms. The molecule has 25 heavy (non-hydrogen) atoms. The van der Waals surface area contributed by atoms with Crippen LogP contribution in [0.1, 0.15) is 22.3 Å². The van der Waals surface area contributed by atoms with Crippen LogP contribution >= 0.6 is 0 Å².